The molecule has 0 bridgehead atoms. The Kier molecular flexibility index (Phi) is 3.57. The van der Waals surface area contributed by atoms with Crippen molar-refractivity contribution >= 4 is 18.5 Å². The van der Waals surface area contributed by atoms with E-state index in [9.17, 15) is 0 Å². The van der Waals surface area contributed by atoms with Crippen LogP contribution in [0.15, 0.2) is 40.7 Å². The number of hydrogen-bond donors (Lipinski definition) is 0. The van der Waals surface area contributed by atoms with E-state index >= 15 is 0 Å². The highest BCUT2D eigenvalue weighted by molar-refractivity contribution is 6.08. The fourth-order valence-electron chi connectivity index (χ4n) is 0.925. The van der Waals surface area contributed by atoms with Crippen LogP contribution < -0.4 is 0 Å². The average Bonchev–Trinajstić information content (AvgIpc) is 2.21. The highest BCUT2D eigenvalue weighted by Gasteiger charge is 1.96. The van der Waals surface area contributed by atoms with Crippen LogP contribution in [0, 0.1) is 0 Å². The van der Waals surface area contributed by atoms with Crippen molar-refractivity contribution in [1.82, 2.24) is 4.98 Å². The van der Waals surface area contributed by atoms with Crippen molar-refractivity contribution < 1.29 is 0 Å². The SMILES string of the molecule is C=N/N=C\C(=C/C)c1ccccn1. The van der Waals surface area contributed by atoms with E-state index in [0.717, 1.165) is 11.3 Å². The molecule has 3 nitrogen and oxygen atoms in total. The average molecular weight is 173 g/mol. The largest absolute Gasteiger partial charge is 0.256 e. The Hall–Kier alpha value is -1.77. The summed E-state index contributed by atoms with van der Waals surface area (Å²) in [6.45, 7) is 5.19. The first-order valence-electron chi connectivity index (χ1n) is 3.95. The van der Waals surface area contributed by atoms with Gasteiger partial charge in [0.05, 0.1) is 11.9 Å². The quantitative estimate of drug-likeness (QED) is 0.510. The molecule has 3 heteroatoms. The summed E-state index contributed by atoms with van der Waals surface area (Å²) in [4.78, 5) is 4.18. The van der Waals surface area contributed by atoms with Crippen LogP contribution in [-0.2, 0) is 0 Å². The molecule has 66 valence electrons. The fourth-order valence-corrected chi connectivity index (χ4v) is 0.925. The summed E-state index contributed by atoms with van der Waals surface area (Å²) >= 11 is 0. The molecule has 0 aromatic carbocycles. The Bertz CT molecular complexity index is 325. The van der Waals surface area contributed by atoms with Crippen molar-refractivity contribution in [3.05, 3.63) is 36.2 Å². The third-order valence-corrected chi connectivity index (χ3v) is 1.55. The molecule has 1 aromatic rings. The summed E-state index contributed by atoms with van der Waals surface area (Å²) in [7, 11) is 0. The molecule has 1 aromatic heterocycles. The fraction of sp³-hybridized carbons (Fsp3) is 0.100. The molecule has 0 fully saturated rings. The molecule has 0 N–H and O–H groups in total. The van der Waals surface area contributed by atoms with Crippen molar-refractivity contribution in [1.29, 1.82) is 0 Å². The smallest absolute Gasteiger partial charge is 0.0714 e. The molecule has 1 rings (SSSR count). The standard InChI is InChI=1S/C10H11N3/c1-3-9(8-13-11-2)10-6-4-5-7-12-10/h3-8H,2H2,1H3/b9-3+,13-8-. The minimum Gasteiger partial charge on any atom is -0.256 e. The highest BCUT2D eigenvalue weighted by Crippen LogP contribution is 2.07. The lowest BCUT2D eigenvalue weighted by molar-refractivity contribution is 1.26. The van der Waals surface area contributed by atoms with Gasteiger partial charge in [-0.1, -0.05) is 12.1 Å². The van der Waals surface area contributed by atoms with Crippen molar-refractivity contribution in [2.24, 2.45) is 10.2 Å². The van der Waals surface area contributed by atoms with E-state index in [1.54, 1.807) is 12.4 Å². The van der Waals surface area contributed by atoms with E-state index in [0.29, 0.717) is 0 Å². The lowest BCUT2D eigenvalue weighted by atomic mass is 10.2. The van der Waals surface area contributed by atoms with E-state index < -0.39 is 0 Å². The summed E-state index contributed by atoms with van der Waals surface area (Å²) in [5, 5.41) is 7.10. The Morgan fingerprint density at radius 1 is 1.54 bits per heavy atom. The van der Waals surface area contributed by atoms with Gasteiger partial charge in [-0.15, -0.1) is 0 Å². The zero-order valence-electron chi connectivity index (χ0n) is 7.51. The van der Waals surface area contributed by atoms with Gasteiger partial charge in [0, 0.05) is 18.5 Å². The van der Waals surface area contributed by atoms with Gasteiger partial charge in [0.2, 0.25) is 0 Å². The molecule has 1 heterocycles. The highest BCUT2D eigenvalue weighted by atomic mass is 15.2. The molecule has 0 radical (unpaired) electrons. The van der Waals surface area contributed by atoms with Crippen LogP contribution in [0.5, 0.6) is 0 Å². The Morgan fingerprint density at radius 2 is 2.38 bits per heavy atom. The van der Waals surface area contributed by atoms with Crippen LogP contribution in [0.1, 0.15) is 12.6 Å². The van der Waals surface area contributed by atoms with Crippen LogP contribution in [0.2, 0.25) is 0 Å². The van der Waals surface area contributed by atoms with E-state index in [4.69, 9.17) is 0 Å². The number of aromatic nitrogens is 1. The van der Waals surface area contributed by atoms with Crippen LogP contribution >= 0.6 is 0 Å². The van der Waals surface area contributed by atoms with Gasteiger partial charge in [-0.3, -0.25) is 4.98 Å². The molecule has 0 spiro atoms. The second-order valence-electron chi connectivity index (χ2n) is 2.34. The van der Waals surface area contributed by atoms with Crippen molar-refractivity contribution in [2.75, 3.05) is 0 Å². The minimum atomic E-state index is 0.886. The molecular formula is C10H11N3. The number of nitrogens with zero attached hydrogens (tertiary/aromatic N) is 3. The summed E-state index contributed by atoms with van der Waals surface area (Å²) in [6, 6.07) is 5.73. The first-order valence-corrected chi connectivity index (χ1v) is 3.95. The van der Waals surface area contributed by atoms with Gasteiger partial charge < -0.3 is 0 Å². The lowest BCUT2D eigenvalue weighted by Crippen LogP contribution is -1.88. The Morgan fingerprint density at radius 3 is 2.92 bits per heavy atom. The molecule has 0 unspecified atom stereocenters. The molecule has 0 saturated carbocycles. The number of allylic oxidation sites excluding steroid dienone is 2. The molecule has 0 atom stereocenters. The monoisotopic (exact) mass is 173 g/mol. The third-order valence-electron chi connectivity index (χ3n) is 1.55. The second-order valence-corrected chi connectivity index (χ2v) is 2.34. The molecular weight excluding hydrogens is 162 g/mol. The zero-order chi connectivity index (χ0) is 9.52. The number of rotatable bonds is 3. The first kappa shape index (κ1) is 9.32. The molecule has 0 aliphatic rings. The Balaban J connectivity index is 2.92. The molecule has 13 heavy (non-hydrogen) atoms. The normalized spacial score (nSPS) is 11.9. The van der Waals surface area contributed by atoms with Gasteiger partial charge in [-0.05, 0) is 19.1 Å². The van der Waals surface area contributed by atoms with Crippen molar-refractivity contribution in [3.63, 3.8) is 0 Å². The zero-order valence-corrected chi connectivity index (χ0v) is 7.51. The van der Waals surface area contributed by atoms with Crippen LogP contribution in [0.3, 0.4) is 0 Å². The van der Waals surface area contributed by atoms with Crippen molar-refractivity contribution in [2.45, 2.75) is 6.92 Å². The van der Waals surface area contributed by atoms with E-state index in [2.05, 4.69) is 21.9 Å². The maximum Gasteiger partial charge on any atom is 0.0714 e. The molecule has 0 amide bonds. The summed E-state index contributed by atoms with van der Waals surface area (Å²) in [6.07, 6.45) is 5.31. The van der Waals surface area contributed by atoms with Gasteiger partial charge in [0.1, 0.15) is 0 Å². The lowest BCUT2D eigenvalue weighted by Gasteiger charge is -1.97. The van der Waals surface area contributed by atoms with Gasteiger partial charge >= 0.3 is 0 Å². The second kappa shape index (κ2) is 4.98. The maximum atomic E-state index is 4.18. The van der Waals surface area contributed by atoms with E-state index in [1.807, 2.05) is 31.2 Å². The molecule has 0 saturated heterocycles. The van der Waals surface area contributed by atoms with Gasteiger partial charge in [0.15, 0.2) is 0 Å². The third kappa shape index (κ3) is 2.63. The van der Waals surface area contributed by atoms with Crippen LogP contribution in [0.25, 0.3) is 5.57 Å². The topological polar surface area (TPSA) is 37.6 Å². The molecule has 0 aliphatic carbocycles. The first-order chi connectivity index (χ1) is 6.38. The maximum absolute atomic E-state index is 4.18. The molecule has 0 aliphatic heterocycles. The van der Waals surface area contributed by atoms with E-state index in [1.165, 1.54) is 0 Å². The van der Waals surface area contributed by atoms with Gasteiger partial charge in [-0.2, -0.15) is 10.2 Å². The van der Waals surface area contributed by atoms with E-state index in [-0.39, 0.29) is 0 Å². The minimum absolute atomic E-state index is 0.886. The number of hydrogen-bond acceptors (Lipinski definition) is 3. The summed E-state index contributed by atoms with van der Waals surface area (Å²) in [5.74, 6) is 0. The van der Waals surface area contributed by atoms with Crippen molar-refractivity contribution in [3.8, 4) is 0 Å². The predicted octanol–water partition coefficient (Wildman–Crippen LogP) is 2.17. The summed E-state index contributed by atoms with van der Waals surface area (Å²) in [5.41, 5.74) is 1.82. The van der Waals surface area contributed by atoms with Gasteiger partial charge in [0.25, 0.3) is 0 Å². The predicted molar refractivity (Wildman–Crippen MR) is 55.9 cm³/mol. The Labute approximate surface area is 77.5 Å². The summed E-state index contributed by atoms with van der Waals surface area (Å²) < 4.78 is 0. The van der Waals surface area contributed by atoms with Crippen LogP contribution in [0.4, 0.5) is 0 Å². The van der Waals surface area contributed by atoms with Gasteiger partial charge in [-0.25, -0.2) is 0 Å². The number of pyridine rings is 1. The van der Waals surface area contributed by atoms with Crippen LogP contribution in [-0.4, -0.2) is 17.9 Å².